The Bertz CT molecular complexity index is 940. The summed E-state index contributed by atoms with van der Waals surface area (Å²) in [6.07, 6.45) is 3.70. The van der Waals surface area contributed by atoms with Gasteiger partial charge in [-0.25, -0.2) is 4.68 Å². The van der Waals surface area contributed by atoms with Gasteiger partial charge in [-0.2, -0.15) is 9.61 Å². The Hall–Kier alpha value is -3.22. The third-order valence-corrected chi connectivity index (χ3v) is 3.57. The molecule has 0 radical (unpaired) electrons. The van der Waals surface area contributed by atoms with Gasteiger partial charge in [-0.3, -0.25) is 0 Å². The van der Waals surface area contributed by atoms with Crippen molar-refractivity contribution in [2.75, 3.05) is 5.32 Å². The van der Waals surface area contributed by atoms with Gasteiger partial charge in [0.15, 0.2) is 11.5 Å². The van der Waals surface area contributed by atoms with E-state index in [0.717, 1.165) is 28.5 Å². The van der Waals surface area contributed by atoms with Crippen molar-refractivity contribution >= 4 is 11.5 Å². The monoisotopic (exact) mass is 305 g/mol. The molecule has 114 valence electrons. The van der Waals surface area contributed by atoms with Gasteiger partial charge in [0.05, 0.1) is 5.69 Å². The van der Waals surface area contributed by atoms with E-state index in [0.29, 0.717) is 6.54 Å². The number of anilines is 1. The zero-order valence-electron chi connectivity index (χ0n) is 12.6. The molecule has 0 aliphatic carbocycles. The van der Waals surface area contributed by atoms with Crippen molar-refractivity contribution in [3.05, 3.63) is 66.2 Å². The summed E-state index contributed by atoms with van der Waals surface area (Å²) in [7, 11) is 0. The number of aryl methyl sites for hydroxylation is 1. The summed E-state index contributed by atoms with van der Waals surface area (Å²) in [5, 5.41) is 20.1. The van der Waals surface area contributed by atoms with Crippen molar-refractivity contribution < 1.29 is 0 Å². The van der Waals surface area contributed by atoms with E-state index >= 15 is 0 Å². The maximum Gasteiger partial charge on any atom is 0.178 e. The zero-order chi connectivity index (χ0) is 15.6. The minimum absolute atomic E-state index is 0.675. The summed E-state index contributed by atoms with van der Waals surface area (Å²) < 4.78 is 3.57. The zero-order valence-corrected chi connectivity index (χ0v) is 12.6. The molecule has 1 N–H and O–H groups in total. The van der Waals surface area contributed by atoms with Crippen LogP contribution in [0.2, 0.25) is 0 Å². The first-order valence-electron chi connectivity index (χ1n) is 7.31. The van der Waals surface area contributed by atoms with E-state index in [1.165, 1.54) is 0 Å². The molecule has 0 spiro atoms. The average Bonchev–Trinajstić information content (AvgIpc) is 3.24. The number of nitrogens with zero attached hydrogens (tertiary/aromatic N) is 6. The molecule has 0 saturated carbocycles. The Kier molecular flexibility index (Phi) is 3.23. The minimum atomic E-state index is 0.675. The molecule has 0 aliphatic rings. The fourth-order valence-corrected chi connectivity index (χ4v) is 2.41. The lowest BCUT2D eigenvalue weighted by atomic mass is 10.2. The molecule has 0 saturated heterocycles. The Morgan fingerprint density at radius 2 is 2.04 bits per heavy atom. The molecule has 4 aromatic rings. The van der Waals surface area contributed by atoms with Gasteiger partial charge in [-0.15, -0.1) is 15.3 Å². The van der Waals surface area contributed by atoms with Gasteiger partial charge in [0.2, 0.25) is 0 Å². The molecule has 0 aliphatic heterocycles. The van der Waals surface area contributed by atoms with Crippen LogP contribution in [0.25, 0.3) is 11.3 Å². The predicted octanol–water partition coefficient (Wildman–Crippen LogP) is 2.23. The van der Waals surface area contributed by atoms with E-state index in [2.05, 4.69) is 37.8 Å². The SMILES string of the molecule is Cc1nnc2ccc(NCc3cccc(-n4cccn4)c3)nn12. The van der Waals surface area contributed by atoms with E-state index in [4.69, 9.17) is 0 Å². The molecule has 23 heavy (non-hydrogen) atoms. The van der Waals surface area contributed by atoms with Crippen molar-refractivity contribution in [1.82, 2.24) is 29.6 Å². The smallest absolute Gasteiger partial charge is 0.178 e. The lowest BCUT2D eigenvalue weighted by Crippen LogP contribution is -2.05. The van der Waals surface area contributed by atoms with E-state index in [-0.39, 0.29) is 0 Å². The Morgan fingerprint density at radius 3 is 2.91 bits per heavy atom. The first-order valence-corrected chi connectivity index (χ1v) is 7.31. The van der Waals surface area contributed by atoms with E-state index < -0.39 is 0 Å². The maximum atomic E-state index is 4.49. The van der Waals surface area contributed by atoms with Crippen LogP contribution < -0.4 is 5.32 Å². The molecule has 0 amide bonds. The van der Waals surface area contributed by atoms with Crippen molar-refractivity contribution in [3.63, 3.8) is 0 Å². The molecule has 7 heteroatoms. The van der Waals surface area contributed by atoms with Crippen LogP contribution in [0.3, 0.4) is 0 Å². The molecule has 0 fully saturated rings. The summed E-state index contributed by atoms with van der Waals surface area (Å²) in [5.41, 5.74) is 2.93. The number of fused-ring (bicyclic) bond motifs is 1. The van der Waals surface area contributed by atoms with Crippen LogP contribution in [0, 0.1) is 6.92 Å². The first kappa shape index (κ1) is 13.4. The average molecular weight is 305 g/mol. The number of rotatable bonds is 4. The summed E-state index contributed by atoms with van der Waals surface area (Å²) in [4.78, 5) is 0. The fraction of sp³-hybridized carbons (Fsp3) is 0.125. The van der Waals surface area contributed by atoms with Gasteiger partial charge in [0, 0.05) is 18.9 Å². The van der Waals surface area contributed by atoms with Crippen molar-refractivity contribution in [2.45, 2.75) is 13.5 Å². The second-order valence-electron chi connectivity index (χ2n) is 5.21. The van der Waals surface area contributed by atoms with Crippen LogP contribution in [0.15, 0.2) is 54.9 Å². The van der Waals surface area contributed by atoms with Crippen LogP contribution in [0.5, 0.6) is 0 Å². The predicted molar refractivity (Wildman–Crippen MR) is 86.4 cm³/mol. The van der Waals surface area contributed by atoms with E-state index in [1.54, 1.807) is 10.7 Å². The van der Waals surface area contributed by atoms with Gasteiger partial charge in [0.25, 0.3) is 0 Å². The van der Waals surface area contributed by atoms with Gasteiger partial charge in [0.1, 0.15) is 5.82 Å². The Balaban J connectivity index is 1.54. The number of hydrogen-bond acceptors (Lipinski definition) is 5. The summed E-state index contributed by atoms with van der Waals surface area (Å²) >= 11 is 0. The van der Waals surface area contributed by atoms with E-state index in [9.17, 15) is 0 Å². The molecule has 0 bridgehead atoms. The number of benzene rings is 1. The number of aromatic nitrogens is 6. The van der Waals surface area contributed by atoms with Crippen molar-refractivity contribution in [3.8, 4) is 5.69 Å². The molecule has 0 unspecified atom stereocenters. The van der Waals surface area contributed by atoms with Crippen LogP contribution in [0.4, 0.5) is 5.82 Å². The molecule has 3 aromatic heterocycles. The highest BCUT2D eigenvalue weighted by molar-refractivity contribution is 5.44. The molecular formula is C16H15N7. The number of hydrogen-bond donors (Lipinski definition) is 1. The Morgan fingerprint density at radius 1 is 1.09 bits per heavy atom. The summed E-state index contributed by atoms with van der Waals surface area (Å²) in [6, 6.07) is 13.9. The van der Waals surface area contributed by atoms with Crippen LogP contribution >= 0.6 is 0 Å². The van der Waals surface area contributed by atoms with Crippen molar-refractivity contribution in [2.24, 2.45) is 0 Å². The normalized spacial score (nSPS) is 11.0. The lowest BCUT2D eigenvalue weighted by Gasteiger charge is -2.08. The van der Waals surface area contributed by atoms with E-state index in [1.807, 2.05) is 48.1 Å². The largest absolute Gasteiger partial charge is 0.365 e. The summed E-state index contributed by atoms with van der Waals surface area (Å²) in [5.74, 6) is 1.55. The highest BCUT2D eigenvalue weighted by Crippen LogP contribution is 2.12. The second-order valence-corrected chi connectivity index (χ2v) is 5.21. The molecule has 1 aromatic carbocycles. The maximum absolute atomic E-state index is 4.49. The fourth-order valence-electron chi connectivity index (χ4n) is 2.41. The van der Waals surface area contributed by atoms with Crippen LogP contribution in [-0.2, 0) is 6.54 Å². The van der Waals surface area contributed by atoms with Crippen molar-refractivity contribution in [1.29, 1.82) is 0 Å². The van der Waals surface area contributed by atoms with Crippen LogP contribution in [-0.4, -0.2) is 29.6 Å². The highest BCUT2D eigenvalue weighted by atomic mass is 15.4. The Labute approximate surface area is 132 Å². The third-order valence-electron chi connectivity index (χ3n) is 3.57. The third kappa shape index (κ3) is 2.64. The van der Waals surface area contributed by atoms with Gasteiger partial charge < -0.3 is 5.32 Å². The lowest BCUT2D eigenvalue weighted by molar-refractivity contribution is 0.867. The standard InChI is InChI=1S/C16H15N7/c1-12-19-20-16-7-6-15(21-23(12)16)17-11-13-4-2-5-14(10-13)22-9-3-8-18-22/h2-10H,11H2,1H3,(H,17,21). The molecular weight excluding hydrogens is 290 g/mol. The molecule has 3 heterocycles. The van der Waals surface area contributed by atoms with Crippen LogP contribution in [0.1, 0.15) is 11.4 Å². The summed E-state index contributed by atoms with van der Waals surface area (Å²) in [6.45, 7) is 2.55. The molecule has 7 nitrogen and oxygen atoms in total. The van der Waals surface area contributed by atoms with Gasteiger partial charge in [-0.1, -0.05) is 12.1 Å². The molecule has 0 atom stereocenters. The van der Waals surface area contributed by atoms with Gasteiger partial charge in [-0.05, 0) is 42.8 Å². The first-order chi connectivity index (χ1) is 11.3. The minimum Gasteiger partial charge on any atom is -0.365 e. The topological polar surface area (TPSA) is 72.9 Å². The quantitative estimate of drug-likeness (QED) is 0.626. The highest BCUT2D eigenvalue weighted by Gasteiger charge is 2.04. The molecule has 4 rings (SSSR count). The second kappa shape index (κ2) is 5.53. The number of nitrogens with one attached hydrogen (secondary N) is 1. The van der Waals surface area contributed by atoms with Gasteiger partial charge >= 0.3 is 0 Å².